The molecular weight excluding hydrogens is 247 g/mol. The normalized spacial score (nSPS) is 11.7. The lowest BCUT2D eigenvalue weighted by Gasteiger charge is -2.18. The number of hydrogen-bond acceptors (Lipinski definition) is 3. The van der Waals surface area contributed by atoms with Crippen LogP contribution in [0.5, 0.6) is 0 Å². The zero-order chi connectivity index (χ0) is 13.8. The number of hydrogen-bond donors (Lipinski definition) is 2. The first-order valence-electron chi connectivity index (χ1n) is 5.17. The van der Waals surface area contributed by atoms with Crippen LogP contribution in [0.2, 0.25) is 0 Å². The minimum absolute atomic E-state index is 0.157. The highest BCUT2D eigenvalue weighted by Gasteiger charge is 2.28. The van der Waals surface area contributed by atoms with Crippen LogP contribution in [-0.2, 0) is 6.54 Å². The van der Waals surface area contributed by atoms with Gasteiger partial charge in [0, 0.05) is 12.1 Å². The van der Waals surface area contributed by atoms with Gasteiger partial charge in [0.1, 0.15) is 0 Å². The fourth-order valence-corrected chi connectivity index (χ4v) is 1.52. The van der Waals surface area contributed by atoms with Crippen molar-refractivity contribution in [2.75, 3.05) is 13.6 Å². The molecule has 0 atom stereocenters. The maximum atomic E-state index is 12.1. The molecule has 100 valence electrons. The number of rotatable bonds is 4. The van der Waals surface area contributed by atoms with Crippen molar-refractivity contribution >= 4 is 5.91 Å². The number of benzene rings is 1. The van der Waals surface area contributed by atoms with Gasteiger partial charge in [-0.3, -0.25) is 15.1 Å². The van der Waals surface area contributed by atoms with E-state index in [9.17, 15) is 18.0 Å². The second-order valence-electron chi connectivity index (χ2n) is 3.96. The Labute approximate surface area is 103 Å². The number of halogens is 3. The topological polar surface area (TPSA) is 58.4 Å². The molecule has 0 aliphatic heterocycles. The zero-order valence-electron chi connectivity index (χ0n) is 9.79. The number of amides is 1. The lowest BCUT2D eigenvalue weighted by molar-refractivity contribution is -0.144. The van der Waals surface area contributed by atoms with Crippen LogP contribution in [-0.4, -0.2) is 30.6 Å². The van der Waals surface area contributed by atoms with E-state index >= 15 is 0 Å². The molecule has 0 aliphatic rings. The summed E-state index contributed by atoms with van der Waals surface area (Å²) < 4.78 is 36.3. The Balaban J connectivity index is 2.61. The molecule has 4 nitrogen and oxygen atoms in total. The minimum atomic E-state index is -4.21. The number of nitrogens with zero attached hydrogens (tertiary/aromatic N) is 1. The molecule has 18 heavy (non-hydrogen) atoms. The summed E-state index contributed by atoms with van der Waals surface area (Å²) >= 11 is 0. The van der Waals surface area contributed by atoms with E-state index in [0.717, 1.165) is 4.90 Å². The van der Waals surface area contributed by atoms with Gasteiger partial charge >= 0.3 is 6.18 Å². The van der Waals surface area contributed by atoms with Crippen molar-refractivity contribution in [1.29, 1.82) is 0 Å². The predicted molar refractivity (Wildman–Crippen MR) is 60.5 cm³/mol. The summed E-state index contributed by atoms with van der Waals surface area (Å²) in [6.07, 6.45) is -4.21. The van der Waals surface area contributed by atoms with Crippen LogP contribution in [0.1, 0.15) is 15.9 Å². The van der Waals surface area contributed by atoms with E-state index in [1.165, 1.54) is 19.2 Å². The van der Waals surface area contributed by atoms with E-state index in [0.29, 0.717) is 11.1 Å². The number of carbonyl (C=O) groups excluding carboxylic acids is 1. The van der Waals surface area contributed by atoms with Gasteiger partial charge < -0.3 is 0 Å². The molecule has 3 N–H and O–H groups in total. The Morgan fingerprint density at radius 1 is 1.33 bits per heavy atom. The van der Waals surface area contributed by atoms with Gasteiger partial charge in [-0.1, -0.05) is 12.1 Å². The standard InChI is InChI=1S/C11H14F3N3O/c1-17(7-11(12,13)14)6-8-2-4-9(5-3-8)10(18)16-15/h2-5H,6-7,15H2,1H3,(H,16,18). The van der Waals surface area contributed by atoms with Crippen molar-refractivity contribution in [2.45, 2.75) is 12.7 Å². The molecular formula is C11H14F3N3O. The monoisotopic (exact) mass is 261 g/mol. The second-order valence-corrected chi connectivity index (χ2v) is 3.96. The van der Waals surface area contributed by atoms with E-state index in [1.54, 1.807) is 12.1 Å². The number of hydrazine groups is 1. The first-order valence-corrected chi connectivity index (χ1v) is 5.17. The molecule has 0 saturated heterocycles. The third kappa shape index (κ3) is 4.72. The Morgan fingerprint density at radius 3 is 2.33 bits per heavy atom. The summed E-state index contributed by atoms with van der Waals surface area (Å²) in [5.74, 6) is 4.52. The third-order valence-electron chi connectivity index (χ3n) is 2.25. The van der Waals surface area contributed by atoms with Crippen molar-refractivity contribution in [1.82, 2.24) is 10.3 Å². The molecule has 0 unspecified atom stereocenters. The number of nitrogens with two attached hydrogens (primary N) is 1. The fraction of sp³-hybridized carbons (Fsp3) is 0.364. The van der Waals surface area contributed by atoms with Crippen molar-refractivity contribution in [3.05, 3.63) is 35.4 Å². The molecule has 1 rings (SSSR count). The van der Waals surface area contributed by atoms with Crippen LogP contribution >= 0.6 is 0 Å². The summed E-state index contributed by atoms with van der Waals surface area (Å²) in [6, 6.07) is 6.22. The average molecular weight is 261 g/mol. The Hall–Kier alpha value is -1.60. The van der Waals surface area contributed by atoms with Crippen molar-refractivity contribution in [3.63, 3.8) is 0 Å². The second kappa shape index (κ2) is 5.83. The number of nitrogen functional groups attached to an aromatic ring is 1. The summed E-state index contributed by atoms with van der Waals surface area (Å²) in [7, 11) is 1.38. The molecule has 0 spiro atoms. The maximum Gasteiger partial charge on any atom is 0.401 e. The highest BCUT2D eigenvalue weighted by molar-refractivity contribution is 5.93. The van der Waals surface area contributed by atoms with Gasteiger partial charge in [-0.2, -0.15) is 13.2 Å². The molecule has 0 saturated carbocycles. The van der Waals surface area contributed by atoms with E-state index < -0.39 is 18.6 Å². The van der Waals surface area contributed by atoms with Crippen LogP contribution < -0.4 is 11.3 Å². The highest BCUT2D eigenvalue weighted by Crippen LogP contribution is 2.17. The molecule has 0 aromatic heterocycles. The maximum absolute atomic E-state index is 12.1. The molecule has 1 aromatic rings. The average Bonchev–Trinajstić information content (AvgIpc) is 2.26. The van der Waals surface area contributed by atoms with E-state index in [2.05, 4.69) is 0 Å². The smallest absolute Gasteiger partial charge is 0.294 e. The molecule has 0 aliphatic carbocycles. The SMILES string of the molecule is CN(Cc1ccc(C(=O)NN)cc1)CC(F)(F)F. The van der Waals surface area contributed by atoms with Gasteiger partial charge in [-0.15, -0.1) is 0 Å². The Bertz CT molecular complexity index is 403. The summed E-state index contributed by atoms with van der Waals surface area (Å²) in [5, 5.41) is 0. The van der Waals surface area contributed by atoms with E-state index in [4.69, 9.17) is 5.84 Å². The van der Waals surface area contributed by atoms with Crippen LogP contribution in [0.15, 0.2) is 24.3 Å². The lowest BCUT2D eigenvalue weighted by atomic mass is 10.1. The minimum Gasteiger partial charge on any atom is -0.294 e. The lowest BCUT2D eigenvalue weighted by Crippen LogP contribution is -2.31. The zero-order valence-corrected chi connectivity index (χ0v) is 9.79. The van der Waals surface area contributed by atoms with Crippen molar-refractivity contribution < 1.29 is 18.0 Å². The van der Waals surface area contributed by atoms with Gasteiger partial charge in [0.15, 0.2) is 0 Å². The van der Waals surface area contributed by atoms with Gasteiger partial charge in [-0.05, 0) is 24.7 Å². The van der Waals surface area contributed by atoms with Gasteiger partial charge in [0.05, 0.1) is 6.54 Å². The van der Waals surface area contributed by atoms with Crippen LogP contribution in [0, 0.1) is 0 Å². The fourth-order valence-electron chi connectivity index (χ4n) is 1.52. The van der Waals surface area contributed by atoms with Crippen molar-refractivity contribution in [3.8, 4) is 0 Å². The van der Waals surface area contributed by atoms with Crippen LogP contribution in [0.4, 0.5) is 13.2 Å². The summed E-state index contributed by atoms with van der Waals surface area (Å²) in [4.78, 5) is 12.3. The molecule has 0 fully saturated rings. The van der Waals surface area contributed by atoms with Gasteiger partial charge in [0.25, 0.3) is 5.91 Å². The largest absolute Gasteiger partial charge is 0.401 e. The van der Waals surface area contributed by atoms with Crippen molar-refractivity contribution in [2.24, 2.45) is 5.84 Å². The van der Waals surface area contributed by atoms with Crippen LogP contribution in [0.25, 0.3) is 0 Å². The summed E-state index contributed by atoms with van der Waals surface area (Å²) in [6.45, 7) is -0.817. The highest BCUT2D eigenvalue weighted by atomic mass is 19.4. The molecule has 7 heteroatoms. The Morgan fingerprint density at radius 2 is 1.89 bits per heavy atom. The quantitative estimate of drug-likeness (QED) is 0.488. The van der Waals surface area contributed by atoms with Gasteiger partial charge in [0.2, 0.25) is 0 Å². The molecule has 1 aromatic carbocycles. The molecule has 0 heterocycles. The number of carbonyl (C=O) groups is 1. The number of alkyl halides is 3. The van der Waals surface area contributed by atoms with Gasteiger partial charge in [-0.25, -0.2) is 5.84 Å². The number of nitrogens with one attached hydrogen (secondary N) is 1. The predicted octanol–water partition coefficient (Wildman–Crippen LogP) is 1.28. The van der Waals surface area contributed by atoms with Crippen LogP contribution in [0.3, 0.4) is 0 Å². The van der Waals surface area contributed by atoms with E-state index in [1.807, 2.05) is 5.43 Å². The molecule has 0 radical (unpaired) electrons. The molecule has 0 bridgehead atoms. The first kappa shape index (κ1) is 14.5. The Kier molecular flexibility index (Phi) is 4.69. The van der Waals surface area contributed by atoms with E-state index in [-0.39, 0.29) is 6.54 Å². The molecule has 1 amide bonds. The first-order chi connectivity index (χ1) is 8.31. The summed E-state index contributed by atoms with van der Waals surface area (Å²) in [5.41, 5.74) is 3.03. The third-order valence-corrected chi connectivity index (χ3v) is 2.25.